The van der Waals surface area contributed by atoms with E-state index in [2.05, 4.69) is 9.71 Å². The maximum Gasteiger partial charge on any atom is 0.274 e. The van der Waals surface area contributed by atoms with Gasteiger partial charge in [-0.05, 0) is 37.0 Å². The number of likely N-dealkylation sites (tertiary alicyclic amines) is 1. The van der Waals surface area contributed by atoms with Crippen LogP contribution in [0.3, 0.4) is 0 Å². The number of nitrogens with two attached hydrogens (primary N) is 1. The van der Waals surface area contributed by atoms with Crippen LogP contribution >= 0.6 is 0 Å². The molecule has 1 unspecified atom stereocenters. The number of para-hydroxylation sites is 1. The Morgan fingerprint density at radius 1 is 1.30 bits per heavy atom. The molecular weight excluding hydrogens is 368 g/mol. The highest BCUT2D eigenvalue weighted by atomic mass is 32.2. The Morgan fingerprint density at radius 3 is 2.81 bits per heavy atom. The van der Waals surface area contributed by atoms with Gasteiger partial charge in [-0.3, -0.25) is 9.78 Å². The van der Waals surface area contributed by atoms with Crippen LogP contribution in [0.25, 0.3) is 0 Å². The first-order chi connectivity index (χ1) is 12.9. The van der Waals surface area contributed by atoms with Crippen molar-refractivity contribution in [2.24, 2.45) is 11.1 Å². The Kier molecular flexibility index (Phi) is 6.04. The highest BCUT2D eigenvalue weighted by Crippen LogP contribution is 2.27. The van der Waals surface area contributed by atoms with E-state index < -0.39 is 10.2 Å². The smallest absolute Gasteiger partial charge is 0.274 e. The minimum absolute atomic E-state index is 0.0104. The summed E-state index contributed by atoms with van der Waals surface area (Å²) in [5.74, 6) is 0.892. The van der Waals surface area contributed by atoms with Crippen molar-refractivity contribution < 1.29 is 17.9 Å². The number of nitrogens with zero attached hydrogens (tertiary/aromatic N) is 2. The van der Waals surface area contributed by atoms with Crippen molar-refractivity contribution in [3.05, 3.63) is 54.4 Å². The largest absolute Gasteiger partial charge is 0.456 e. The molecule has 0 saturated carbocycles. The van der Waals surface area contributed by atoms with E-state index in [4.69, 9.17) is 9.88 Å². The maximum atomic E-state index is 13.0. The molecule has 2 heterocycles. The van der Waals surface area contributed by atoms with E-state index in [1.807, 2.05) is 30.3 Å². The Labute approximate surface area is 158 Å². The quantitative estimate of drug-likeness (QED) is 0.776. The van der Waals surface area contributed by atoms with Crippen LogP contribution in [0.5, 0.6) is 11.5 Å². The fraction of sp³-hybridized carbons (Fsp3) is 0.333. The SMILES string of the molecule is NS(=O)(=O)NCC1CCCN(C(=O)c2cnccc2Oc2ccccc2)C1. The molecule has 8 nitrogen and oxygen atoms in total. The minimum Gasteiger partial charge on any atom is -0.456 e. The summed E-state index contributed by atoms with van der Waals surface area (Å²) in [5, 5.41) is 4.99. The van der Waals surface area contributed by atoms with Crippen molar-refractivity contribution in [3.63, 3.8) is 0 Å². The molecule has 1 aliphatic rings. The first-order valence-electron chi connectivity index (χ1n) is 8.66. The molecule has 0 bridgehead atoms. The van der Waals surface area contributed by atoms with Gasteiger partial charge in [0.25, 0.3) is 16.1 Å². The normalized spacial score (nSPS) is 17.5. The van der Waals surface area contributed by atoms with Crippen LogP contribution in [0.15, 0.2) is 48.8 Å². The number of carbonyl (C=O) groups excluding carboxylic acids is 1. The van der Waals surface area contributed by atoms with Gasteiger partial charge in [-0.25, -0.2) is 9.86 Å². The lowest BCUT2D eigenvalue weighted by Gasteiger charge is -2.33. The van der Waals surface area contributed by atoms with Crippen LogP contribution in [0.4, 0.5) is 0 Å². The molecule has 0 radical (unpaired) electrons. The molecular formula is C18H22N4O4S. The molecule has 9 heteroatoms. The molecule has 3 N–H and O–H groups in total. The van der Waals surface area contributed by atoms with E-state index in [1.54, 1.807) is 17.2 Å². The van der Waals surface area contributed by atoms with Crippen LogP contribution in [0.2, 0.25) is 0 Å². The number of amides is 1. The summed E-state index contributed by atoms with van der Waals surface area (Å²) in [7, 11) is -3.74. The average Bonchev–Trinajstić information content (AvgIpc) is 2.67. The zero-order valence-corrected chi connectivity index (χ0v) is 15.6. The number of aromatic nitrogens is 1. The van der Waals surface area contributed by atoms with E-state index >= 15 is 0 Å². The van der Waals surface area contributed by atoms with Crippen LogP contribution in [-0.4, -0.2) is 43.8 Å². The fourth-order valence-corrected chi connectivity index (χ4v) is 3.54. The van der Waals surface area contributed by atoms with Crippen LogP contribution in [0.1, 0.15) is 23.2 Å². The second kappa shape index (κ2) is 8.47. The van der Waals surface area contributed by atoms with E-state index in [9.17, 15) is 13.2 Å². The highest BCUT2D eigenvalue weighted by Gasteiger charge is 2.27. The number of pyridine rings is 1. The average molecular weight is 390 g/mol. The molecule has 27 heavy (non-hydrogen) atoms. The van der Waals surface area contributed by atoms with Gasteiger partial charge in [0.05, 0.1) is 0 Å². The first kappa shape index (κ1) is 19.3. The minimum atomic E-state index is -3.74. The first-order valence-corrected chi connectivity index (χ1v) is 10.2. The number of benzene rings is 1. The predicted molar refractivity (Wildman–Crippen MR) is 100 cm³/mol. The molecule has 2 aromatic rings. The van der Waals surface area contributed by atoms with Crippen LogP contribution in [0, 0.1) is 5.92 Å². The molecule has 1 atom stereocenters. The third-order valence-corrected chi connectivity index (χ3v) is 4.93. The molecule has 1 amide bonds. The van der Waals surface area contributed by atoms with E-state index in [-0.39, 0.29) is 18.4 Å². The number of rotatable bonds is 6. The number of ether oxygens (including phenoxy) is 1. The van der Waals surface area contributed by atoms with Crippen LogP contribution < -0.4 is 14.6 Å². The number of nitrogens with one attached hydrogen (secondary N) is 1. The maximum absolute atomic E-state index is 13.0. The zero-order chi connectivity index (χ0) is 19.3. The lowest BCUT2D eigenvalue weighted by molar-refractivity contribution is 0.0673. The molecule has 1 fully saturated rings. The predicted octanol–water partition coefficient (Wildman–Crippen LogP) is 1.52. The second-order valence-corrected chi connectivity index (χ2v) is 7.82. The van der Waals surface area contributed by atoms with E-state index in [0.717, 1.165) is 12.8 Å². The molecule has 144 valence electrons. The lowest BCUT2D eigenvalue weighted by Crippen LogP contribution is -2.44. The number of carbonyl (C=O) groups is 1. The topological polar surface area (TPSA) is 115 Å². The molecule has 1 aromatic carbocycles. The summed E-state index contributed by atoms with van der Waals surface area (Å²) in [6.45, 7) is 1.26. The van der Waals surface area contributed by atoms with Crippen molar-refractivity contribution >= 4 is 16.1 Å². The van der Waals surface area contributed by atoms with Crippen molar-refractivity contribution in [2.45, 2.75) is 12.8 Å². The lowest BCUT2D eigenvalue weighted by atomic mass is 9.97. The summed E-state index contributed by atoms with van der Waals surface area (Å²) >= 11 is 0. The fourth-order valence-electron chi connectivity index (χ4n) is 3.07. The number of hydrogen-bond donors (Lipinski definition) is 2. The molecule has 0 aliphatic carbocycles. The number of hydrogen-bond acceptors (Lipinski definition) is 5. The number of piperidine rings is 1. The second-order valence-electron chi connectivity index (χ2n) is 6.44. The van der Waals surface area contributed by atoms with Gasteiger partial charge in [-0.1, -0.05) is 18.2 Å². The van der Waals surface area contributed by atoms with Gasteiger partial charge in [0.15, 0.2) is 0 Å². The van der Waals surface area contributed by atoms with Gasteiger partial charge < -0.3 is 9.64 Å². The highest BCUT2D eigenvalue weighted by molar-refractivity contribution is 7.87. The van der Waals surface area contributed by atoms with Crippen molar-refractivity contribution in [1.29, 1.82) is 0 Å². The van der Waals surface area contributed by atoms with Gasteiger partial charge in [-0.15, -0.1) is 0 Å². The van der Waals surface area contributed by atoms with Gasteiger partial charge >= 0.3 is 0 Å². The van der Waals surface area contributed by atoms with Gasteiger partial charge in [0, 0.05) is 32.0 Å². The third-order valence-electron chi connectivity index (χ3n) is 4.36. The Bertz CT molecular complexity index is 889. The summed E-state index contributed by atoms with van der Waals surface area (Å²) in [5.41, 5.74) is 0.376. The molecule has 1 saturated heterocycles. The molecule has 0 spiro atoms. The summed E-state index contributed by atoms with van der Waals surface area (Å²) in [6, 6.07) is 10.9. The Morgan fingerprint density at radius 2 is 2.07 bits per heavy atom. The van der Waals surface area contributed by atoms with Crippen molar-refractivity contribution in [1.82, 2.24) is 14.6 Å². The van der Waals surface area contributed by atoms with E-state index in [0.29, 0.717) is 30.2 Å². The molecule has 1 aliphatic heterocycles. The van der Waals surface area contributed by atoms with Gasteiger partial charge in [0.1, 0.15) is 17.1 Å². The Balaban J connectivity index is 1.72. The summed E-state index contributed by atoms with van der Waals surface area (Å²) in [6.07, 6.45) is 4.68. The molecule has 1 aromatic heterocycles. The monoisotopic (exact) mass is 390 g/mol. The summed E-state index contributed by atoms with van der Waals surface area (Å²) < 4.78 is 30.3. The van der Waals surface area contributed by atoms with Crippen molar-refractivity contribution in [3.8, 4) is 11.5 Å². The standard InChI is InChI=1S/C18H22N4O4S/c19-27(24,25)21-11-14-5-4-10-22(13-14)18(23)16-12-20-9-8-17(16)26-15-6-2-1-3-7-15/h1-3,6-9,12,14,21H,4-5,10-11,13H2,(H2,19,24,25). The van der Waals surface area contributed by atoms with Crippen LogP contribution in [-0.2, 0) is 10.2 Å². The van der Waals surface area contributed by atoms with Gasteiger partial charge in [0.2, 0.25) is 0 Å². The van der Waals surface area contributed by atoms with Gasteiger partial charge in [-0.2, -0.15) is 8.42 Å². The third kappa shape index (κ3) is 5.49. The zero-order valence-electron chi connectivity index (χ0n) is 14.7. The Hall–Kier alpha value is -2.49. The molecule has 3 rings (SSSR count). The van der Waals surface area contributed by atoms with Crippen molar-refractivity contribution in [2.75, 3.05) is 19.6 Å². The summed E-state index contributed by atoms with van der Waals surface area (Å²) in [4.78, 5) is 18.8. The van der Waals surface area contributed by atoms with E-state index in [1.165, 1.54) is 6.20 Å².